The minimum atomic E-state index is 0.157. The summed E-state index contributed by atoms with van der Waals surface area (Å²) in [6, 6.07) is 13.6. The zero-order chi connectivity index (χ0) is 16.9. The summed E-state index contributed by atoms with van der Waals surface area (Å²) in [5.41, 5.74) is 2.23. The van der Waals surface area contributed by atoms with Crippen molar-refractivity contribution in [3.8, 4) is 17.2 Å². The Kier molecular flexibility index (Phi) is 5.06. The summed E-state index contributed by atoms with van der Waals surface area (Å²) in [4.78, 5) is 2.37. The van der Waals surface area contributed by atoms with Crippen molar-refractivity contribution < 1.29 is 14.6 Å². The third kappa shape index (κ3) is 3.89. The highest BCUT2D eigenvalue weighted by Gasteiger charge is 2.18. The molecule has 1 aliphatic rings. The monoisotopic (exact) mass is 325 g/mol. The summed E-state index contributed by atoms with van der Waals surface area (Å²) in [5, 5.41) is 9.65. The van der Waals surface area contributed by atoms with Crippen LogP contribution in [0.15, 0.2) is 48.5 Å². The molecule has 0 saturated heterocycles. The maximum atomic E-state index is 9.65. The SMILES string of the molecule is COc1cc(C=CCN2Cc3ccccc3OC(C)C2)ccc1O. The molecular formula is C20H23NO3. The average Bonchev–Trinajstić information content (AvgIpc) is 2.73. The molecule has 2 aromatic rings. The van der Waals surface area contributed by atoms with Gasteiger partial charge in [0, 0.05) is 25.2 Å². The number of para-hydroxylation sites is 1. The van der Waals surface area contributed by atoms with Gasteiger partial charge in [0.2, 0.25) is 0 Å². The number of nitrogens with zero attached hydrogens (tertiary/aromatic N) is 1. The zero-order valence-corrected chi connectivity index (χ0v) is 14.1. The van der Waals surface area contributed by atoms with Crippen molar-refractivity contribution in [2.24, 2.45) is 0 Å². The molecule has 2 aromatic carbocycles. The van der Waals surface area contributed by atoms with E-state index in [1.807, 2.05) is 30.3 Å². The van der Waals surface area contributed by atoms with E-state index in [4.69, 9.17) is 9.47 Å². The minimum Gasteiger partial charge on any atom is -0.504 e. The molecule has 126 valence electrons. The number of rotatable bonds is 4. The van der Waals surface area contributed by atoms with Crippen molar-refractivity contribution in [1.29, 1.82) is 0 Å². The Labute approximate surface area is 142 Å². The number of ether oxygens (including phenoxy) is 2. The quantitative estimate of drug-likeness (QED) is 0.931. The number of methoxy groups -OCH3 is 1. The molecule has 0 amide bonds. The molecule has 1 heterocycles. The molecule has 1 atom stereocenters. The van der Waals surface area contributed by atoms with E-state index >= 15 is 0 Å². The molecule has 0 aliphatic carbocycles. The molecule has 4 heteroatoms. The first kappa shape index (κ1) is 16.4. The Morgan fingerprint density at radius 3 is 2.96 bits per heavy atom. The lowest BCUT2D eigenvalue weighted by Crippen LogP contribution is -2.31. The van der Waals surface area contributed by atoms with Crippen LogP contribution in [0, 0.1) is 0 Å². The van der Waals surface area contributed by atoms with E-state index in [1.54, 1.807) is 13.2 Å². The van der Waals surface area contributed by atoms with Crippen LogP contribution in [0.1, 0.15) is 18.1 Å². The first-order chi connectivity index (χ1) is 11.7. The van der Waals surface area contributed by atoms with E-state index in [0.717, 1.165) is 30.9 Å². The Morgan fingerprint density at radius 1 is 1.29 bits per heavy atom. The van der Waals surface area contributed by atoms with Crippen molar-refractivity contribution in [2.75, 3.05) is 20.2 Å². The van der Waals surface area contributed by atoms with E-state index in [1.165, 1.54) is 5.56 Å². The molecular weight excluding hydrogens is 302 g/mol. The van der Waals surface area contributed by atoms with E-state index in [0.29, 0.717) is 5.75 Å². The van der Waals surface area contributed by atoms with Crippen LogP contribution in [-0.4, -0.2) is 36.3 Å². The zero-order valence-electron chi connectivity index (χ0n) is 14.1. The fourth-order valence-corrected chi connectivity index (χ4v) is 2.95. The predicted octanol–water partition coefficient (Wildman–Crippen LogP) is 3.70. The smallest absolute Gasteiger partial charge is 0.161 e. The Bertz CT molecular complexity index is 727. The summed E-state index contributed by atoms with van der Waals surface area (Å²) < 4.78 is 11.1. The molecule has 24 heavy (non-hydrogen) atoms. The lowest BCUT2D eigenvalue weighted by atomic mass is 10.1. The highest BCUT2D eigenvalue weighted by Crippen LogP contribution is 2.27. The van der Waals surface area contributed by atoms with Gasteiger partial charge in [-0.05, 0) is 30.7 Å². The Hall–Kier alpha value is -2.46. The number of hydrogen-bond acceptors (Lipinski definition) is 4. The lowest BCUT2D eigenvalue weighted by molar-refractivity contribution is 0.170. The van der Waals surface area contributed by atoms with Crippen molar-refractivity contribution in [3.63, 3.8) is 0 Å². The van der Waals surface area contributed by atoms with Crippen LogP contribution >= 0.6 is 0 Å². The standard InChI is InChI=1S/C20H23NO3/c1-15-13-21(14-17-7-3-4-8-19(17)24-15)11-5-6-16-9-10-18(22)20(12-16)23-2/h3-10,12,15,22H,11,13-14H2,1-2H3. The number of benzene rings is 2. The summed E-state index contributed by atoms with van der Waals surface area (Å²) in [6.45, 7) is 4.70. The molecule has 0 radical (unpaired) electrons. The summed E-state index contributed by atoms with van der Waals surface area (Å²) in [5.74, 6) is 1.63. The summed E-state index contributed by atoms with van der Waals surface area (Å²) in [7, 11) is 1.55. The van der Waals surface area contributed by atoms with Crippen LogP contribution in [0.5, 0.6) is 17.2 Å². The normalized spacial score (nSPS) is 18.0. The van der Waals surface area contributed by atoms with E-state index in [-0.39, 0.29) is 11.9 Å². The van der Waals surface area contributed by atoms with Crippen LogP contribution < -0.4 is 9.47 Å². The largest absolute Gasteiger partial charge is 0.504 e. The summed E-state index contributed by atoms with van der Waals surface area (Å²) in [6.07, 6.45) is 4.34. The second-order valence-electron chi connectivity index (χ2n) is 6.06. The van der Waals surface area contributed by atoms with Gasteiger partial charge in [0.1, 0.15) is 11.9 Å². The van der Waals surface area contributed by atoms with Gasteiger partial charge >= 0.3 is 0 Å². The third-order valence-electron chi connectivity index (χ3n) is 4.09. The predicted molar refractivity (Wildman–Crippen MR) is 95.5 cm³/mol. The van der Waals surface area contributed by atoms with Gasteiger partial charge in [-0.2, -0.15) is 0 Å². The van der Waals surface area contributed by atoms with Crippen LogP contribution in [0.3, 0.4) is 0 Å². The van der Waals surface area contributed by atoms with Gasteiger partial charge < -0.3 is 14.6 Å². The Balaban J connectivity index is 1.68. The van der Waals surface area contributed by atoms with Gasteiger partial charge in [0.05, 0.1) is 7.11 Å². The van der Waals surface area contributed by atoms with Gasteiger partial charge in [-0.3, -0.25) is 4.90 Å². The number of hydrogen-bond donors (Lipinski definition) is 1. The highest BCUT2D eigenvalue weighted by atomic mass is 16.5. The fourth-order valence-electron chi connectivity index (χ4n) is 2.95. The van der Waals surface area contributed by atoms with Crippen molar-refractivity contribution in [2.45, 2.75) is 19.6 Å². The molecule has 0 saturated carbocycles. The van der Waals surface area contributed by atoms with Gasteiger partial charge in [-0.15, -0.1) is 0 Å². The second kappa shape index (κ2) is 7.41. The van der Waals surface area contributed by atoms with Crippen LogP contribution in [-0.2, 0) is 6.54 Å². The Morgan fingerprint density at radius 2 is 2.12 bits per heavy atom. The molecule has 0 aromatic heterocycles. The van der Waals surface area contributed by atoms with Crippen molar-refractivity contribution in [3.05, 3.63) is 59.7 Å². The van der Waals surface area contributed by atoms with Gasteiger partial charge in [0.15, 0.2) is 11.5 Å². The van der Waals surface area contributed by atoms with E-state index in [2.05, 4.69) is 30.0 Å². The van der Waals surface area contributed by atoms with Crippen LogP contribution in [0.25, 0.3) is 6.08 Å². The number of phenolic OH excluding ortho intramolecular Hbond substituents is 1. The molecule has 0 bridgehead atoms. The molecule has 3 rings (SSSR count). The molecule has 0 fully saturated rings. The second-order valence-corrected chi connectivity index (χ2v) is 6.06. The first-order valence-corrected chi connectivity index (χ1v) is 8.16. The number of phenols is 1. The molecule has 4 nitrogen and oxygen atoms in total. The molecule has 0 spiro atoms. The molecule has 1 aliphatic heterocycles. The molecule has 1 unspecified atom stereocenters. The maximum Gasteiger partial charge on any atom is 0.161 e. The fraction of sp³-hybridized carbons (Fsp3) is 0.300. The van der Waals surface area contributed by atoms with Gasteiger partial charge in [0.25, 0.3) is 0 Å². The first-order valence-electron chi connectivity index (χ1n) is 8.16. The van der Waals surface area contributed by atoms with Gasteiger partial charge in [-0.1, -0.05) is 36.4 Å². The highest BCUT2D eigenvalue weighted by molar-refractivity contribution is 5.55. The van der Waals surface area contributed by atoms with E-state index < -0.39 is 0 Å². The average molecular weight is 325 g/mol. The minimum absolute atomic E-state index is 0.157. The number of fused-ring (bicyclic) bond motifs is 1. The molecule has 1 N–H and O–H groups in total. The van der Waals surface area contributed by atoms with Crippen LogP contribution in [0.4, 0.5) is 0 Å². The van der Waals surface area contributed by atoms with Crippen molar-refractivity contribution in [1.82, 2.24) is 4.90 Å². The lowest BCUT2D eigenvalue weighted by Gasteiger charge is -2.20. The van der Waals surface area contributed by atoms with Crippen molar-refractivity contribution >= 4 is 6.08 Å². The topological polar surface area (TPSA) is 41.9 Å². The number of aromatic hydroxyl groups is 1. The van der Waals surface area contributed by atoms with Crippen LogP contribution in [0.2, 0.25) is 0 Å². The maximum absolute atomic E-state index is 9.65. The van der Waals surface area contributed by atoms with E-state index in [9.17, 15) is 5.11 Å². The third-order valence-corrected chi connectivity index (χ3v) is 4.09. The van der Waals surface area contributed by atoms with Gasteiger partial charge in [-0.25, -0.2) is 0 Å². The summed E-state index contributed by atoms with van der Waals surface area (Å²) >= 11 is 0.